The number of hydrogen-bond donors (Lipinski definition) is 3. The van der Waals surface area contributed by atoms with Gasteiger partial charge >= 0.3 is 12.0 Å². The lowest BCUT2D eigenvalue weighted by atomic mass is 10.2. The van der Waals surface area contributed by atoms with Crippen molar-refractivity contribution in [3.63, 3.8) is 0 Å². The number of amides is 3. The summed E-state index contributed by atoms with van der Waals surface area (Å²) in [5.74, 6) is -1.24. The van der Waals surface area contributed by atoms with E-state index in [0.29, 0.717) is 19.5 Å². The second-order valence-electron chi connectivity index (χ2n) is 4.87. The lowest BCUT2D eigenvalue weighted by molar-refractivity contribution is -0.137. The monoisotopic (exact) mass is 287 g/mol. The largest absolute Gasteiger partial charge is 0.481 e. The van der Waals surface area contributed by atoms with Crippen LogP contribution in [0.5, 0.6) is 0 Å². The molecule has 20 heavy (non-hydrogen) atoms. The van der Waals surface area contributed by atoms with Gasteiger partial charge in [-0.3, -0.25) is 19.8 Å². The number of imide groups is 1. The molecule has 0 saturated heterocycles. The number of nitrogens with zero attached hydrogens (tertiary/aromatic N) is 1. The van der Waals surface area contributed by atoms with Crippen LogP contribution in [0.1, 0.15) is 40.0 Å². The second-order valence-corrected chi connectivity index (χ2v) is 4.87. The summed E-state index contributed by atoms with van der Waals surface area (Å²) in [7, 11) is 0. The molecule has 0 fully saturated rings. The molecule has 0 atom stereocenters. The van der Waals surface area contributed by atoms with Crippen molar-refractivity contribution in [1.29, 1.82) is 0 Å². The third-order valence-corrected chi connectivity index (χ3v) is 2.70. The summed E-state index contributed by atoms with van der Waals surface area (Å²) < 4.78 is 0. The summed E-state index contributed by atoms with van der Waals surface area (Å²) in [6.45, 7) is 6.87. The summed E-state index contributed by atoms with van der Waals surface area (Å²) in [6, 6.07) is -0.389. The molecule has 0 heterocycles. The van der Waals surface area contributed by atoms with Gasteiger partial charge in [0.2, 0.25) is 5.91 Å². The number of urea groups is 1. The van der Waals surface area contributed by atoms with E-state index < -0.39 is 12.0 Å². The maximum Gasteiger partial charge on any atom is 0.321 e. The predicted octanol–water partition coefficient (Wildman–Crippen LogP) is 0.797. The number of carboxylic acid groups (broad SMARTS) is 1. The molecule has 0 unspecified atom stereocenters. The molecule has 0 saturated carbocycles. The predicted molar refractivity (Wildman–Crippen MR) is 75.4 cm³/mol. The van der Waals surface area contributed by atoms with Crippen LogP contribution in [0.25, 0.3) is 0 Å². The van der Waals surface area contributed by atoms with Crippen molar-refractivity contribution in [3.8, 4) is 0 Å². The lowest BCUT2D eigenvalue weighted by Crippen LogP contribution is -2.46. The molecule has 0 rings (SSSR count). The molecule has 0 aromatic rings. The average Bonchev–Trinajstić information content (AvgIpc) is 2.34. The van der Waals surface area contributed by atoms with Gasteiger partial charge in [0.25, 0.3) is 0 Å². The summed E-state index contributed by atoms with van der Waals surface area (Å²) in [4.78, 5) is 35.3. The Morgan fingerprint density at radius 3 is 2.40 bits per heavy atom. The Morgan fingerprint density at radius 1 is 1.25 bits per heavy atom. The van der Waals surface area contributed by atoms with E-state index in [2.05, 4.69) is 10.6 Å². The first kappa shape index (κ1) is 18.4. The van der Waals surface area contributed by atoms with Crippen molar-refractivity contribution in [2.75, 3.05) is 19.6 Å². The van der Waals surface area contributed by atoms with Gasteiger partial charge in [0, 0.05) is 19.0 Å². The number of aliphatic carboxylic acids is 1. The maximum absolute atomic E-state index is 11.7. The highest BCUT2D eigenvalue weighted by molar-refractivity contribution is 5.95. The quantitative estimate of drug-likeness (QED) is 0.582. The molecule has 0 spiro atoms. The van der Waals surface area contributed by atoms with Gasteiger partial charge in [-0.2, -0.15) is 0 Å². The summed E-state index contributed by atoms with van der Waals surface area (Å²) in [5, 5.41) is 13.4. The highest BCUT2D eigenvalue weighted by atomic mass is 16.4. The summed E-state index contributed by atoms with van der Waals surface area (Å²) in [5.41, 5.74) is 0. The van der Waals surface area contributed by atoms with Crippen LogP contribution in [0.2, 0.25) is 0 Å². The van der Waals surface area contributed by atoms with Gasteiger partial charge in [0.15, 0.2) is 0 Å². The van der Waals surface area contributed by atoms with E-state index in [9.17, 15) is 14.4 Å². The van der Waals surface area contributed by atoms with E-state index >= 15 is 0 Å². The second kappa shape index (κ2) is 10.2. The number of hydrogen-bond acceptors (Lipinski definition) is 4. The van der Waals surface area contributed by atoms with Gasteiger partial charge in [-0.25, -0.2) is 4.79 Å². The summed E-state index contributed by atoms with van der Waals surface area (Å²) in [6.07, 6.45) is 1.35. The van der Waals surface area contributed by atoms with Crippen molar-refractivity contribution in [2.45, 2.75) is 46.1 Å². The molecule has 7 heteroatoms. The van der Waals surface area contributed by atoms with Crippen LogP contribution in [-0.4, -0.2) is 53.6 Å². The fourth-order valence-corrected chi connectivity index (χ4v) is 1.59. The number of carboxylic acids is 1. The Kier molecular flexibility index (Phi) is 9.36. The fraction of sp³-hybridized carbons (Fsp3) is 0.769. The Bertz CT molecular complexity index is 332. The van der Waals surface area contributed by atoms with E-state index in [-0.39, 0.29) is 24.9 Å². The van der Waals surface area contributed by atoms with Crippen molar-refractivity contribution in [3.05, 3.63) is 0 Å². The highest BCUT2D eigenvalue weighted by Gasteiger charge is 2.15. The van der Waals surface area contributed by atoms with E-state index in [0.717, 1.165) is 6.42 Å². The number of nitrogens with one attached hydrogen (secondary N) is 2. The van der Waals surface area contributed by atoms with Gasteiger partial charge in [0.1, 0.15) is 0 Å². The first-order valence-corrected chi connectivity index (χ1v) is 6.90. The number of carbonyl (C=O) groups excluding carboxylic acids is 2. The van der Waals surface area contributed by atoms with Crippen LogP contribution >= 0.6 is 0 Å². The van der Waals surface area contributed by atoms with Crippen LogP contribution in [-0.2, 0) is 9.59 Å². The molecule has 3 amide bonds. The van der Waals surface area contributed by atoms with E-state index in [4.69, 9.17) is 5.11 Å². The number of rotatable bonds is 9. The fourth-order valence-electron chi connectivity index (χ4n) is 1.59. The van der Waals surface area contributed by atoms with Crippen LogP contribution in [0.3, 0.4) is 0 Å². The zero-order valence-electron chi connectivity index (χ0n) is 12.4. The SMILES string of the molecule is CCCNC(=O)NC(=O)CN(CCCC(=O)O)C(C)C. The van der Waals surface area contributed by atoms with Crippen LogP contribution in [0, 0.1) is 0 Å². The van der Waals surface area contributed by atoms with Crippen molar-refractivity contribution >= 4 is 17.9 Å². The highest BCUT2D eigenvalue weighted by Crippen LogP contribution is 2.01. The Hall–Kier alpha value is -1.63. The number of carbonyl (C=O) groups is 3. The van der Waals surface area contributed by atoms with Gasteiger partial charge < -0.3 is 10.4 Å². The van der Waals surface area contributed by atoms with E-state index in [1.807, 2.05) is 25.7 Å². The minimum Gasteiger partial charge on any atom is -0.481 e. The van der Waals surface area contributed by atoms with Crippen LogP contribution in [0.15, 0.2) is 0 Å². The zero-order chi connectivity index (χ0) is 15.5. The molecule has 0 aromatic heterocycles. The Labute approximate surface area is 119 Å². The average molecular weight is 287 g/mol. The van der Waals surface area contributed by atoms with Crippen molar-refractivity contribution < 1.29 is 19.5 Å². The minimum absolute atomic E-state index is 0.0713. The molecule has 3 N–H and O–H groups in total. The minimum atomic E-state index is -0.850. The molecule has 0 aromatic carbocycles. The van der Waals surface area contributed by atoms with Gasteiger partial charge in [-0.05, 0) is 33.2 Å². The molecule has 116 valence electrons. The third kappa shape index (κ3) is 9.32. The van der Waals surface area contributed by atoms with Crippen molar-refractivity contribution in [2.24, 2.45) is 0 Å². The molecule has 0 radical (unpaired) electrons. The maximum atomic E-state index is 11.7. The Balaban J connectivity index is 4.13. The van der Waals surface area contributed by atoms with E-state index in [1.54, 1.807) is 0 Å². The zero-order valence-corrected chi connectivity index (χ0v) is 12.4. The van der Waals surface area contributed by atoms with Gasteiger partial charge in [-0.15, -0.1) is 0 Å². The first-order valence-electron chi connectivity index (χ1n) is 6.90. The molecular formula is C13H25N3O4. The normalized spacial score (nSPS) is 10.7. The molecule has 0 aliphatic heterocycles. The standard InChI is InChI=1S/C13H25N3O4/c1-4-7-14-13(20)15-11(17)9-16(10(2)3)8-5-6-12(18)19/h10H,4-9H2,1-3H3,(H,18,19)(H2,14,15,17,20). The Morgan fingerprint density at radius 2 is 1.90 bits per heavy atom. The molecular weight excluding hydrogens is 262 g/mol. The molecule has 7 nitrogen and oxygen atoms in total. The lowest BCUT2D eigenvalue weighted by Gasteiger charge is -2.25. The van der Waals surface area contributed by atoms with Crippen LogP contribution < -0.4 is 10.6 Å². The topological polar surface area (TPSA) is 98.7 Å². The third-order valence-electron chi connectivity index (χ3n) is 2.70. The van der Waals surface area contributed by atoms with Crippen LogP contribution in [0.4, 0.5) is 4.79 Å². The van der Waals surface area contributed by atoms with E-state index in [1.165, 1.54) is 0 Å². The van der Waals surface area contributed by atoms with Gasteiger partial charge in [0.05, 0.1) is 6.54 Å². The summed E-state index contributed by atoms with van der Waals surface area (Å²) >= 11 is 0. The van der Waals surface area contributed by atoms with Gasteiger partial charge in [-0.1, -0.05) is 6.92 Å². The molecule has 0 aliphatic carbocycles. The van der Waals surface area contributed by atoms with Crippen molar-refractivity contribution in [1.82, 2.24) is 15.5 Å². The smallest absolute Gasteiger partial charge is 0.321 e. The first-order chi connectivity index (χ1) is 9.36. The molecule has 0 bridgehead atoms. The molecule has 0 aliphatic rings.